The summed E-state index contributed by atoms with van der Waals surface area (Å²) in [5.41, 5.74) is 0. The van der Waals surface area contributed by atoms with Crippen molar-refractivity contribution in [2.45, 2.75) is 43.9 Å². The highest BCUT2D eigenvalue weighted by atomic mass is 35.5. The maximum atomic E-state index is 12.6. The second-order valence-electron chi connectivity index (χ2n) is 7.18. The first kappa shape index (κ1) is 21.6. The van der Waals surface area contributed by atoms with Gasteiger partial charge in [0.1, 0.15) is 4.21 Å². The van der Waals surface area contributed by atoms with Gasteiger partial charge in [-0.2, -0.15) is 4.31 Å². The largest absolute Gasteiger partial charge is 0.353 e. The van der Waals surface area contributed by atoms with Gasteiger partial charge in [0.15, 0.2) is 0 Å². The Morgan fingerprint density at radius 2 is 1.85 bits per heavy atom. The maximum Gasteiger partial charge on any atom is 0.252 e. The van der Waals surface area contributed by atoms with E-state index in [0.29, 0.717) is 43.0 Å². The molecule has 1 saturated heterocycles. The van der Waals surface area contributed by atoms with Gasteiger partial charge in [-0.3, -0.25) is 9.69 Å². The summed E-state index contributed by atoms with van der Waals surface area (Å²) in [6.07, 6.45) is 2.06. The lowest BCUT2D eigenvalue weighted by atomic mass is 10.0. The number of amides is 1. The molecule has 0 aromatic carbocycles. The average Bonchev–Trinajstić information content (AvgIpc) is 3.00. The van der Waals surface area contributed by atoms with Crippen molar-refractivity contribution in [1.82, 2.24) is 14.5 Å². The summed E-state index contributed by atoms with van der Waals surface area (Å²) >= 11 is 6.92. The molecule has 1 aliphatic heterocycles. The lowest BCUT2D eigenvalue weighted by Gasteiger charge is -2.33. The van der Waals surface area contributed by atoms with E-state index in [1.165, 1.54) is 4.31 Å². The average molecular weight is 422 g/mol. The molecule has 1 atom stereocenters. The van der Waals surface area contributed by atoms with Crippen molar-refractivity contribution in [2.75, 3.05) is 32.7 Å². The summed E-state index contributed by atoms with van der Waals surface area (Å²) in [7, 11) is -3.49. The molecule has 26 heavy (non-hydrogen) atoms. The van der Waals surface area contributed by atoms with E-state index in [-0.39, 0.29) is 16.2 Å². The molecule has 2 rings (SSSR count). The topological polar surface area (TPSA) is 69.7 Å². The van der Waals surface area contributed by atoms with Crippen LogP contribution in [-0.4, -0.2) is 62.3 Å². The van der Waals surface area contributed by atoms with Gasteiger partial charge < -0.3 is 5.32 Å². The summed E-state index contributed by atoms with van der Waals surface area (Å²) in [4.78, 5) is 14.2. The van der Waals surface area contributed by atoms with Crippen LogP contribution in [0.3, 0.4) is 0 Å². The third kappa shape index (κ3) is 6.20. The van der Waals surface area contributed by atoms with Gasteiger partial charge in [-0.05, 0) is 37.8 Å². The molecule has 0 spiro atoms. The third-order valence-electron chi connectivity index (χ3n) is 4.43. The number of rotatable bonds is 8. The number of piperazine rings is 1. The van der Waals surface area contributed by atoms with E-state index >= 15 is 0 Å². The smallest absolute Gasteiger partial charge is 0.252 e. The van der Waals surface area contributed by atoms with Crippen LogP contribution in [0.1, 0.15) is 33.6 Å². The van der Waals surface area contributed by atoms with E-state index in [9.17, 15) is 13.2 Å². The van der Waals surface area contributed by atoms with Crippen molar-refractivity contribution >= 4 is 38.9 Å². The highest BCUT2D eigenvalue weighted by molar-refractivity contribution is 7.91. The zero-order chi connectivity index (χ0) is 19.3. The molecular weight excluding hydrogens is 394 g/mol. The first-order chi connectivity index (χ1) is 12.2. The van der Waals surface area contributed by atoms with Crippen molar-refractivity contribution < 1.29 is 13.2 Å². The van der Waals surface area contributed by atoms with Crippen molar-refractivity contribution in [3.8, 4) is 0 Å². The number of carbonyl (C=O) groups excluding carboxylic acids is 1. The quantitative estimate of drug-likeness (QED) is 0.700. The second-order valence-corrected chi connectivity index (χ2v) is 11.1. The highest BCUT2D eigenvalue weighted by Gasteiger charge is 2.30. The van der Waals surface area contributed by atoms with Crippen LogP contribution in [0.4, 0.5) is 0 Å². The molecule has 1 amide bonds. The van der Waals surface area contributed by atoms with E-state index < -0.39 is 10.0 Å². The van der Waals surface area contributed by atoms with Crippen LogP contribution in [0, 0.1) is 5.92 Å². The molecule has 0 aliphatic carbocycles. The standard InChI is InChI=1S/C17H28ClN3O3S2/c1-13(2)4-5-14(3)19-16(22)12-20-8-10-21(11-9-20)26(23,24)17-7-6-15(18)25-17/h6-7,13-14H,4-5,8-12H2,1-3H3,(H,19,22)/t14-/m1/s1. The monoisotopic (exact) mass is 421 g/mol. The van der Waals surface area contributed by atoms with Gasteiger partial charge in [0.2, 0.25) is 5.91 Å². The zero-order valence-electron chi connectivity index (χ0n) is 15.6. The molecule has 0 radical (unpaired) electrons. The fraction of sp³-hybridized carbons (Fsp3) is 0.706. The Hall–Kier alpha value is -0.670. The molecular formula is C17H28ClN3O3S2. The summed E-state index contributed by atoms with van der Waals surface area (Å²) in [6.45, 7) is 8.54. The SMILES string of the molecule is CC(C)CC[C@@H](C)NC(=O)CN1CCN(S(=O)(=O)c2ccc(Cl)s2)CC1. The number of hydrogen-bond acceptors (Lipinski definition) is 5. The summed E-state index contributed by atoms with van der Waals surface area (Å²) in [5, 5.41) is 3.03. The molecule has 1 aliphatic rings. The molecule has 1 aromatic rings. The van der Waals surface area contributed by atoms with Crippen LogP contribution >= 0.6 is 22.9 Å². The van der Waals surface area contributed by atoms with Crippen LogP contribution < -0.4 is 5.32 Å². The van der Waals surface area contributed by atoms with E-state index in [0.717, 1.165) is 24.2 Å². The molecule has 6 nitrogen and oxygen atoms in total. The first-order valence-corrected chi connectivity index (χ1v) is 11.6. The van der Waals surface area contributed by atoms with Crippen LogP contribution in [0.5, 0.6) is 0 Å². The van der Waals surface area contributed by atoms with Crippen molar-refractivity contribution in [3.05, 3.63) is 16.5 Å². The minimum atomic E-state index is -3.49. The minimum absolute atomic E-state index is 0.00241. The van der Waals surface area contributed by atoms with Crippen LogP contribution in [0.15, 0.2) is 16.3 Å². The second kappa shape index (κ2) is 9.50. The summed E-state index contributed by atoms with van der Waals surface area (Å²) < 4.78 is 27.4. The Labute approximate surface area is 165 Å². The molecule has 148 valence electrons. The lowest BCUT2D eigenvalue weighted by molar-refractivity contribution is -0.123. The Morgan fingerprint density at radius 3 is 2.38 bits per heavy atom. The Kier molecular flexibility index (Phi) is 7.90. The van der Waals surface area contributed by atoms with Crippen molar-refractivity contribution in [2.24, 2.45) is 5.92 Å². The van der Waals surface area contributed by atoms with Gasteiger partial charge in [-0.15, -0.1) is 11.3 Å². The molecule has 2 heterocycles. The first-order valence-electron chi connectivity index (χ1n) is 8.95. The molecule has 1 aromatic heterocycles. The number of hydrogen-bond donors (Lipinski definition) is 1. The molecule has 1 N–H and O–H groups in total. The fourth-order valence-electron chi connectivity index (χ4n) is 2.87. The number of sulfonamides is 1. The van der Waals surface area contributed by atoms with Crippen LogP contribution in [-0.2, 0) is 14.8 Å². The van der Waals surface area contributed by atoms with Gasteiger partial charge in [-0.25, -0.2) is 8.42 Å². The minimum Gasteiger partial charge on any atom is -0.353 e. The predicted octanol–water partition coefficient (Wildman–Crippen LogP) is 2.65. The third-order valence-corrected chi connectivity index (χ3v) is 8.02. The lowest BCUT2D eigenvalue weighted by Crippen LogP contribution is -2.51. The molecule has 9 heteroatoms. The Morgan fingerprint density at radius 1 is 1.19 bits per heavy atom. The number of halogens is 1. The molecule has 0 saturated carbocycles. The zero-order valence-corrected chi connectivity index (χ0v) is 18.0. The molecule has 0 bridgehead atoms. The van der Waals surface area contributed by atoms with E-state index in [2.05, 4.69) is 19.2 Å². The van der Waals surface area contributed by atoms with Gasteiger partial charge in [-0.1, -0.05) is 25.4 Å². The van der Waals surface area contributed by atoms with E-state index in [1.807, 2.05) is 11.8 Å². The number of nitrogens with zero attached hydrogens (tertiary/aromatic N) is 2. The Balaban J connectivity index is 1.78. The van der Waals surface area contributed by atoms with E-state index in [4.69, 9.17) is 11.6 Å². The molecule has 0 unspecified atom stereocenters. The van der Waals surface area contributed by atoms with E-state index in [1.54, 1.807) is 12.1 Å². The van der Waals surface area contributed by atoms with Crippen molar-refractivity contribution in [1.29, 1.82) is 0 Å². The Bertz CT molecular complexity index is 698. The number of nitrogens with one attached hydrogen (secondary N) is 1. The van der Waals surface area contributed by atoms with Crippen molar-refractivity contribution in [3.63, 3.8) is 0 Å². The number of carbonyl (C=O) groups is 1. The summed E-state index contributed by atoms with van der Waals surface area (Å²) in [6, 6.07) is 3.30. The van der Waals surface area contributed by atoms with Gasteiger partial charge in [0.25, 0.3) is 10.0 Å². The molecule has 1 fully saturated rings. The van der Waals surface area contributed by atoms with Gasteiger partial charge >= 0.3 is 0 Å². The van der Waals surface area contributed by atoms with Gasteiger partial charge in [0, 0.05) is 32.2 Å². The fourth-order valence-corrected chi connectivity index (χ4v) is 5.93. The number of thiophene rings is 1. The summed E-state index contributed by atoms with van der Waals surface area (Å²) in [5.74, 6) is 0.630. The van der Waals surface area contributed by atoms with Gasteiger partial charge in [0.05, 0.1) is 10.9 Å². The predicted molar refractivity (Wildman–Crippen MR) is 106 cm³/mol. The normalized spacial score (nSPS) is 18.2. The van der Waals surface area contributed by atoms with Crippen LogP contribution in [0.2, 0.25) is 4.34 Å². The van der Waals surface area contributed by atoms with Crippen LogP contribution in [0.25, 0.3) is 0 Å². The maximum absolute atomic E-state index is 12.6. The highest BCUT2D eigenvalue weighted by Crippen LogP contribution is 2.28.